The van der Waals surface area contributed by atoms with Crippen LogP contribution in [-0.2, 0) is 0 Å². The molecule has 2 N–H and O–H groups in total. The Hall–Kier alpha value is -0.120. The smallest absolute Gasteiger partial charge is 0.0695 e. The minimum atomic E-state index is -0.204. The van der Waals surface area contributed by atoms with Crippen LogP contribution in [0.4, 0.5) is 0 Å². The van der Waals surface area contributed by atoms with E-state index in [0.29, 0.717) is 12.0 Å². The molecule has 0 aromatic rings. The van der Waals surface area contributed by atoms with E-state index in [0.717, 1.165) is 38.8 Å². The van der Waals surface area contributed by atoms with Crippen LogP contribution in [0, 0.1) is 5.92 Å². The maximum absolute atomic E-state index is 10.1. The van der Waals surface area contributed by atoms with E-state index >= 15 is 0 Å². The first-order chi connectivity index (χ1) is 7.68. The Morgan fingerprint density at radius 3 is 2.44 bits per heavy atom. The number of rotatable bonds is 1. The van der Waals surface area contributed by atoms with Gasteiger partial charge in [0.05, 0.1) is 12.2 Å². The van der Waals surface area contributed by atoms with E-state index in [-0.39, 0.29) is 12.2 Å². The molecule has 0 spiro atoms. The average Bonchev–Trinajstić information content (AvgIpc) is 2.47. The fraction of sp³-hybridized carbons (Fsp3) is 1.00. The molecule has 0 radical (unpaired) electrons. The lowest BCUT2D eigenvalue weighted by Crippen LogP contribution is -2.51. The summed E-state index contributed by atoms with van der Waals surface area (Å²) in [4.78, 5) is 2.32. The molecule has 0 aromatic carbocycles. The molecule has 1 heterocycles. The third-order valence-corrected chi connectivity index (χ3v) is 4.36. The number of hydrogen-bond acceptors (Lipinski definition) is 3. The van der Waals surface area contributed by atoms with Gasteiger partial charge in [0.15, 0.2) is 0 Å². The van der Waals surface area contributed by atoms with E-state index in [1.54, 1.807) is 0 Å². The molecule has 1 aliphatic heterocycles. The standard InChI is InChI=1S/C13H25NO2/c1-10-7-8-14(9-13(10)16)11-5-3-2-4-6-12(11)15/h10-13,15-16H,2-9H2,1H3. The molecule has 0 amide bonds. The van der Waals surface area contributed by atoms with Crippen LogP contribution >= 0.6 is 0 Å². The highest BCUT2D eigenvalue weighted by Gasteiger charge is 2.32. The third kappa shape index (κ3) is 2.76. The van der Waals surface area contributed by atoms with Gasteiger partial charge >= 0.3 is 0 Å². The molecule has 4 unspecified atom stereocenters. The van der Waals surface area contributed by atoms with Gasteiger partial charge in [-0.3, -0.25) is 4.90 Å². The van der Waals surface area contributed by atoms with Crippen molar-refractivity contribution in [3.8, 4) is 0 Å². The quantitative estimate of drug-likeness (QED) is 0.665. The van der Waals surface area contributed by atoms with Crippen molar-refractivity contribution in [2.75, 3.05) is 13.1 Å². The molecule has 0 aromatic heterocycles. The minimum absolute atomic E-state index is 0.178. The Bertz CT molecular complexity index is 222. The van der Waals surface area contributed by atoms with Crippen molar-refractivity contribution < 1.29 is 10.2 Å². The summed E-state index contributed by atoms with van der Waals surface area (Å²) >= 11 is 0. The van der Waals surface area contributed by atoms with Crippen LogP contribution in [0.3, 0.4) is 0 Å². The van der Waals surface area contributed by atoms with Crippen LogP contribution in [0.5, 0.6) is 0 Å². The molecular weight excluding hydrogens is 202 g/mol. The Balaban J connectivity index is 1.94. The first-order valence-electron chi connectivity index (χ1n) is 6.78. The van der Waals surface area contributed by atoms with Crippen molar-refractivity contribution in [1.29, 1.82) is 0 Å². The molecular formula is C13H25NO2. The Morgan fingerprint density at radius 2 is 1.69 bits per heavy atom. The van der Waals surface area contributed by atoms with Gasteiger partial charge in [-0.15, -0.1) is 0 Å². The minimum Gasteiger partial charge on any atom is -0.392 e. The number of hydrogen-bond donors (Lipinski definition) is 2. The maximum Gasteiger partial charge on any atom is 0.0695 e. The fourth-order valence-electron chi connectivity index (χ4n) is 3.07. The van der Waals surface area contributed by atoms with Gasteiger partial charge in [-0.2, -0.15) is 0 Å². The molecule has 1 saturated heterocycles. The average molecular weight is 227 g/mol. The predicted octanol–water partition coefficient (Wildman–Crippen LogP) is 1.38. The maximum atomic E-state index is 10.1. The van der Waals surface area contributed by atoms with E-state index in [1.165, 1.54) is 12.8 Å². The van der Waals surface area contributed by atoms with Gasteiger partial charge in [-0.25, -0.2) is 0 Å². The molecule has 4 atom stereocenters. The number of nitrogens with zero attached hydrogens (tertiary/aromatic N) is 1. The van der Waals surface area contributed by atoms with Crippen molar-refractivity contribution in [1.82, 2.24) is 4.90 Å². The lowest BCUT2D eigenvalue weighted by Gasteiger charge is -2.40. The van der Waals surface area contributed by atoms with Crippen molar-refractivity contribution >= 4 is 0 Å². The first kappa shape index (κ1) is 12.3. The van der Waals surface area contributed by atoms with Crippen molar-refractivity contribution in [3.63, 3.8) is 0 Å². The van der Waals surface area contributed by atoms with Gasteiger partial charge in [0.1, 0.15) is 0 Å². The molecule has 16 heavy (non-hydrogen) atoms. The summed E-state index contributed by atoms with van der Waals surface area (Å²) in [5.74, 6) is 0.416. The normalized spacial score (nSPS) is 42.9. The molecule has 2 rings (SSSR count). The van der Waals surface area contributed by atoms with Gasteiger partial charge in [-0.05, 0) is 31.7 Å². The Kier molecular flexibility index (Phi) is 4.22. The monoisotopic (exact) mass is 227 g/mol. The van der Waals surface area contributed by atoms with E-state index in [4.69, 9.17) is 0 Å². The van der Waals surface area contributed by atoms with E-state index in [2.05, 4.69) is 11.8 Å². The fourth-order valence-corrected chi connectivity index (χ4v) is 3.07. The second-order valence-electron chi connectivity index (χ2n) is 5.60. The van der Waals surface area contributed by atoms with Gasteiger partial charge < -0.3 is 10.2 Å². The lowest BCUT2D eigenvalue weighted by molar-refractivity contribution is -0.0269. The second kappa shape index (κ2) is 5.48. The van der Waals surface area contributed by atoms with Gasteiger partial charge in [0.25, 0.3) is 0 Å². The highest BCUT2D eigenvalue weighted by molar-refractivity contribution is 4.87. The molecule has 94 valence electrons. The predicted molar refractivity (Wildman–Crippen MR) is 64.2 cm³/mol. The Morgan fingerprint density at radius 1 is 0.938 bits per heavy atom. The zero-order valence-electron chi connectivity index (χ0n) is 10.3. The molecule has 0 bridgehead atoms. The molecule has 2 aliphatic rings. The van der Waals surface area contributed by atoms with Crippen LogP contribution in [0.15, 0.2) is 0 Å². The third-order valence-electron chi connectivity index (χ3n) is 4.36. The largest absolute Gasteiger partial charge is 0.392 e. The summed E-state index contributed by atoms with van der Waals surface area (Å²) in [6.45, 7) is 3.91. The topological polar surface area (TPSA) is 43.7 Å². The van der Waals surface area contributed by atoms with E-state index in [1.807, 2.05) is 0 Å². The summed E-state index contributed by atoms with van der Waals surface area (Å²) < 4.78 is 0. The first-order valence-corrected chi connectivity index (χ1v) is 6.78. The van der Waals surface area contributed by atoms with Gasteiger partial charge in [0, 0.05) is 12.6 Å². The summed E-state index contributed by atoms with van der Waals surface area (Å²) in [5, 5.41) is 20.0. The van der Waals surface area contributed by atoms with Crippen LogP contribution in [0.1, 0.15) is 45.4 Å². The Labute approximate surface area is 98.5 Å². The van der Waals surface area contributed by atoms with Gasteiger partial charge in [-0.1, -0.05) is 26.2 Å². The molecule has 1 saturated carbocycles. The molecule has 3 heteroatoms. The molecule has 3 nitrogen and oxygen atoms in total. The number of piperidine rings is 1. The van der Waals surface area contributed by atoms with Crippen molar-refractivity contribution in [3.05, 3.63) is 0 Å². The second-order valence-corrected chi connectivity index (χ2v) is 5.60. The number of β-amino-alcohol motifs (C(OH)–C–C–N with tert-alkyl or cyclic N) is 1. The number of likely N-dealkylation sites (tertiary alicyclic amines) is 1. The summed E-state index contributed by atoms with van der Waals surface area (Å²) in [6.07, 6.45) is 6.35. The van der Waals surface area contributed by atoms with Crippen LogP contribution in [0.2, 0.25) is 0 Å². The number of aliphatic hydroxyl groups is 2. The van der Waals surface area contributed by atoms with E-state index in [9.17, 15) is 10.2 Å². The summed E-state index contributed by atoms with van der Waals surface area (Å²) in [7, 11) is 0. The van der Waals surface area contributed by atoms with Crippen molar-refractivity contribution in [2.45, 2.75) is 63.7 Å². The number of aliphatic hydroxyl groups excluding tert-OH is 2. The SMILES string of the molecule is CC1CCN(C2CCCCCC2O)CC1O. The highest BCUT2D eigenvalue weighted by atomic mass is 16.3. The van der Waals surface area contributed by atoms with Crippen LogP contribution in [-0.4, -0.2) is 46.5 Å². The lowest BCUT2D eigenvalue weighted by atomic mass is 9.93. The van der Waals surface area contributed by atoms with Crippen LogP contribution in [0.25, 0.3) is 0 Å². The molecule has 1 aliphatic carbocycles. The van der Waals surface area contributed by atoms with Gasteiger partial charge in [0.2, 0.25) is 0 Å². The van der Waals surface area contributed by atoms with Crippen molar-refractivity contribution in [2.24, 2.45) is 5.92 Å². The summed E-state index contributed by atoms with van der Waals surface area (Å²) in [5.41, 5.74) is 0. The van der Waals surface area contributed by atoms with E-state index < -0.39 is 0 Å². The zero-order chi connectivity index (χ0) is 11.5. The highest BCUT2D eigenvalue weighted by Crippen LogP contribution is 2.26. The summed E-state index contributed by atoms with van der Waals surface area (Å²) in [6, 6.07) is 0.296. The zero-order valence-corrected chi connectivity index (χ0v) is 10.3. The van der Waals surface area contributed by atoms with Crippen LogP contribution < -0.4 is 0 Å². The molecule has 2 fully saturated rings.